The Labute approximate surface area is 206 Å². The molecule has 4 rings (SSSR count). The van der Waals surface area contributed by atoms with Gasteiger partial charge in [-0.05, 0) is 36.4 Å². The Kier molecular flexibility index (Phi) is 8.96. The number of amides is 1. The number of rotatable bonds is 8. The van der Waals surface area contributed by atoms with Crippen LogP contribution in [0.15, 0.2) is 65.7 Å². The van der Waals surface area contributed by atoms with Gasteiger partial charge in [0, 0.05) is 49.7 Å². The molecule has 170 valence electrons. The fraction of sp³-hybridized carbons (Fsp3) is 0.360. The lowest BCUT2D eigenvalue weighted by Gasteiger charge is -2.18. The minimum absolute atomic E-state index is 0. The summed E-state index contributed by atoms with van der Waals surface area (Å²) in [6.07, 6.45) is 1.50. The number of para-hydroxylation sites is 1. The molecule has 3 aromatic rings. The van der Waals surface area contributed by atoms with E-state index in [0.29, 0.717) is 18.9 Å². The Hall–Kier alpha value is -2.55. The van der Waals surface area contributed by atoms with Crippen molar-refractivity contribution in [2.75, 3.05) is 26.2 Å². The number of hydrogen-bond donors (Lipinski definition) is 3. The molecule has 1 atom stereocenters. The van der Waals surface area contributed by atoms with Gasteiger partial charge in [-0.15, -0.1) is 24.0 Å². The van der Waals surface area contributed by atoms with E-state index < -0.39 is 0 Å². The third-order valence-corrected chi connectivity index (χ3v) is 5.70. The van der Waals surface area contributed by atoms with Crippen LogP contribution >= 0.6 is 24.0 Å². The maximum absolute atomic E-state index is 12.4. The van der Waals surface area contributed by atoms with E-state index >= 15 is 0 Å². The van der Waals surface area contributed by atoms with E-state index in [2.05, 4.69) is 52.9 Å². The molecule has 0 bridgehead atoms. The Bertz CT molecular complexity index is 1000. The molecular formula is C25H32IN5O. The van der Waals surface area contributed by atoms with Gasteiger partial charge in [-0.25, -0.2) is 4.99 Å². The number of hydrogen-bond acceptors (Lipinski definition) is 2. The van der Waals surface area contributed by atoms with Crippen LogP contribution in [0.2, 0.25) is 0 Å². The summed E-state index contributed by atoms with van der Waals surface area (Å²) in [4.78, 5) is 22.5. The normalized spacial score (nSPS) is 16.3. The first kappa shape index (κ1) is 24.1. The van der Waals surface area contributed by atoms with Crippen molar-refractivity contribution < 1.29 is 4.79 Å². The molecule has 1 unspecified atom stereocenters. The first-order valence-corrected chi connectivity index (χ1v) is 11.1. The molecule has 1 amide bonds. The molecule has 1 aliphatic heterocycles. The van der Waals surface area contributed by atoms with Gasteiger partial charge in [0.1, 0.15) is 0 Å². The molecule has 2 heterocycles. The number of H-pyrrole nitrogens is 1. The number of guanidine groups is 1. The van der Waals surface area contributed by atoms with Gasteiger partial charge in [-0.3, -0.25) is 4.79 Å². The van der Waals surface area contributed by atoms with E-state index in [9.17, 15) is 4.79 Å². The Balaban J connectivity index is 0.00000289. The Morgan fingerprint density at radius 2 is 1.91 bits per heavy atom. The summed E-state index contributed by atoms with van der Waals surface area (Å²) in [5.41, 5.74) is 3.49. The number of nitrogens with zero attached hydrogens (tertiary/aromatic N) is 2. The van der Waals surface area contributed by atoms with Crippen LogP contribution in [0.1, 0.15) is 24.6 Å². The minimum atomic E-state index is 0. The number of benzene rings is 2. The SMILES string of the molecule is CCNC(=NCc1cc2ccccc2[nH]1)NCC1CC(=O)N(CCc2ccccc2)C1.I. The van der Waals surface area contributed by atoms with Gasteiger partial charge in [0.15, 0.2) is 5.96 Å². The average Bonchev–Trinajstić information content (AvgIpc) is 3.37. The quantitative estimate of drug-likeness (QED) is 0.228. The highest BCUT2D eigenvalue weighted by molar-refractivity contribution is 14.0. The van der Waals surface area contributed by atoms with E-state index in [1.54, 1.807) is 0 Å². The second-order valence-electron chi connectivity index (χ2n) is 8.10. The molecule has 32 heavy (non-hydrogen) atoms. The van der Waals surface area contributed by atoms with Crippen molar-refractivity contribution in [1.82, 2.24) is 20.5 Å². The number of likely N-dealkylation sites (tertiary alicyclic amines) is 1. The average molecular weight is 545 g/mol. The van der Waals surface area contributed by atoms with E-state index in [1.165, 1.54) is 10.9 Å². The van der Waals surface area contributed by atoms with Crippen LogP contribution in [0.5, 0.6) is 0 Å². The molecule has 6 nitrogen and oxygen atoms in total. The Morgan fingerprint density at radius 3 is 2.69 bits per heavy atom. The molecule has 1 saturated heterocycles. The van der Waals surface area contributed by atoms with Gasteiger partial charge in [-0.2, -0.15) is 0 Å². The third kappa shape index (κ3) is 6.48. The molecule has 3 N–H and O–H groups in total. The topological polar surface area (TPSA) is 72.5 Å². The summed E-state index contributed by atoms with van der Waals surface area (Å²) in [6, 6.07) is 20.7. The second kappa shape index (κ2) is 11.9. The van der Waals surface area contributed by atoms with Crippen LogP contribution in [-0.2, 0) is 17.8 Å². The van der Waals surface area contributed by atoms with Gasteiger partial charge in [0.05, 0.1) is 6.54 Å². The number of carbonyl (C=O) groups is 1. The number of carbonyl (C=O) groups excluding carboxylic acids is 1. The smallest absolute Gasteiger partial charge is 0.223 e. The zero-order valence-corrected chi connectivity index (χ0v) is 20.8. The first-order valence-electron chi connectivity index (χ1n) is 11.1. The highest BCUT2D eigenvalue weighted by Gasteiger charge is 2.29. The second-order valence-corrected chi connectivity index (χ2v) is 8.10. The van der Waals surface area contributed by atoms with Crippen molar-refractivity contribution in [1.29, 1.82) is 0 Å². The monoisotopic (exact) mass is 545 g/mol. The van der Waals surface area contributed by atoms with E-state index in [4.69, 9.17) is 4.99 Å². The summed E-state index contributed by atoms with van der Waals surface area (Å²) < 4.78 is 0. The summed E-state index contributed by atoms with van der Waals surface area (Å²) in [5, 5.41) is 7.93. The fourth-order valence-electron chi connectivity index (χ4n) is 4.08. The predicted molar refractivity (Wildman–Crippen MR) is 141 cm³/mol. The molecule has 1 aliphatic rings. The van der Waals surface area contributed by atoms with Crippen LogP contribution in [0, 0.1) is 5.92 Å². The first-order chi connectivity index (χ1) is 15.2. The van der Waals surface area contributed by atoms with Crippen molar-refractivity contribution in [3.05, 3.63) is 71.9 Å². The third-order valence-electron chi connectivity index (χ3n) is 5.70. The lowest BCUT2D eigenvalue weighted by atomic mass is 10.1. The van der Waals surface area contributed by atoms with Crippen molar-refractivity contribution in [2.45, 2.75) is 26.3 Å². The summed E-state index contributed by atoms with van der Waals surface area (Å²) in [5.74, 6) is 1.35. The van der Waals surface area contributed by atoms with Crippen molar-refractivity contribution in [2.24, 2.45) is 10.9 Å². The molecule has 7 heteroatoms. The van der Waals surface area contributed by atoms with Crippen molar-refractivity contribution >= 4 is 46.7 Å². The van der Waals surface area contributed by atoms with Crippen LogP contribution in [0.4, 0.5) is 0 Å². The number of aliphatic imine (C=N–C) groups is 1. The van der Waals surface area contributed by atoms with Crippen molar-refractivity contribution in [3.63, 3.8) is 0 Å². The molecule has 0 aliphatic carbocycles. The highest BCUT2D eigenvalue weighted by Crippen LogP contribution is 2.18. The number of nitrogens with one attached hydrogen (secondary N) is 3. The summed E-state index contributed by atoms with van der Waals surface area (Å²) in [6.45, 7) is 5.77. The van der Waals surface area contributed by atoms with Gasteiger partial charge in [0.25, 0.3) is 0 Å². The largest absolute Gasteiger partial charge is 0.357 e. The maximum atomic E-state index is 12.4. The molecule has 0 radical (unpaired) electrons. The standard InChI is InChI=1S/C25H31N5O.HI/c1-2-26-25(28-17-22-15-21-10-6-7-11-23(21)29-22)27-16-20-14-24(31)30(18-20)13-12-19-8-4-3-5-9-19;/h3-11,15,20,29H,2,12-14,16-18H2,1H3,(H2,26,27,28);1H. The number of aromatic nitrogens is 1. The van der Waals surface area contributed by atoms with Crippen LogP contribution < -0.4 is 10.6 Å². The van der Waals surface area contributed by atoms with Crippen molar-refractivity contribution in [3.8, 4) is 0 Å². The van der Waals surface area contributed by atoms with Crippen LogP contribution in [0.3, 0.4) is 0 Å². The van der Waals surface area contributed by atoms with Gasteiger partial charge >= 0.3 is 0 Å². The van der Waals surface area contributed by atoms with Crippen LogP contribution in [-0.4, -0.2) is 47.9 Å². The predicted octanol–water partition coefficient (Wildman–Crippen LogP) is 3.93. The van der Waals surface area contributed by atoms with E-state index in [1.807, 2.05) is 35.2 Å². The molecular weight excluding hydrogens is 513 g/mol. The molecule has 1 aromatic heterocycles. The molecule has 2 aromatic carbocycles. The van der Waals surface area contributed by atoms with Gasteiger partial charge in [-0.1, -0.05) is 48.5 Å². The zero-order valence-electron chi connectivity index (χ0n) is 18.5. The highest BCUT2D eigenvalue weighted by atomic mass is 127. The molecule has 0 spiro atoms. The Morgan fingerprint density at radius 1 is 1.12 bits per heavy atom. The lowest BCUT2D eigenvalue weighted by molar-refractivity contribution is -0.127. The molecule has 0 saturated carbocycles. The van der Waals surface area contributed by atoms with E-state index in [0.717, 1.165) is 49.8 Å². The number of aromatic amines is 1. The lowest BCUT2D eigenvalue weighted by Crippen LogP contribution is -2.40. The molecule has 1 fully saturated rings. The van der Waals surface area contributed by atoms with Gasteiger partial charge in [0.2, 0.25) is 5.91 Å². The van der Waals surface area contributed by atoms with Gasteiger partial charge < -0.3 is 20.5 Å². The maximum Gasteiger partial charge on any atom is 0.223 e. The number of halogens is 1. The minimum Gasteiger partial charge on any atom is -0.357 e. The van der Waals surface area contributed by atoms with E-state index in [-0.39, 0.29) is 29.9 Å². The van der Waals surface area contributed by atoms with Crippen LogP contribution in [0.25, 0.3) is 10.9 Å². The summed E-state index contributed by atoms with van der Waals surface area (Å²) >= 11 is 0. The summed E-state index contributed by atoms with van der Waals surface area (Å²) in [7, 11) is 0. The fourth-order valence-corrected chi connectivity index (χ4v) is 4.08. The zero-order chi connectivity index (χ0) is 21.5. The number of fused-ring (bicyclic) bond motifs is 1.